The van der Waals surface area contributed by atoms with Crippen molar-refractivity contribution in [2.45, 2.75) is 5.41 Å². The lowest BCUT2D eigenvalue weighted by atomic mass is 9.67. The topological polar surface area (TPSA) is 3.24 Å². The van der Waals surface area contributed by atoms with Crippen LogP contribution in [0, 0.1) is 0 Å². The Hall–Kier alpha value is -8.52. The first kappa shape index (κ1) is 38.0. The highest BCUT2D eigenvalue weighted by Crippen LogP contribution is 2.58. The molecule has 0 spiro atoms. The van der Waals surface area contributed by atoms with E-state index in [0.717, 1.165) is 17.1 Å². The normalized spacial score (nSPS) is 12.7. The first-order valence-corrected chi connectivity index (χ1v) is 22.9. The van der Waals surface area contributed by atoms with Gasteiger partial charge in [0.05, 0.1) is 11.1 Å². The zero-order valence-electron chi connectivity index (χ0n) is 36.3. The molecule has 0 N–H and O–H groups in total. The van der Waals surface area contributed by atoms with Crippen LogP contribution in [0.15, 0.2) is 261 Å². The van der Waals surface area contributed by atoms with E-state index in [4.69, 9.17) is 0 Å². The molecule has 308 valence electrons. The standard InChI is InChI=1S/C65H43N/c1-5-23-47(24-6-1)65(48-25-7-2-8-26-48)60-36-20-19-32-52(60)53-38-37-46(43-61(53)65)63-55-34-17-18-35-56(55)64(59-42-45-22-14-13-21-44(45)41-58(59)63)57-39-40-62(54-33-16-15-31-51(54)57)66(49-27-9-3-10-28-49)50-29-11-4-12-30-50/h1-43H. The number of benzene rings is 12. The minimum Gasteiger partial charge on any atom is -0.310 e. The number of hydrogen-bond donors (Lipinski definition) is 0. The van der Waals surface area contributed by atoms with Gasteiger partial charge >= 0.3 is 0 Å². The summed E-state index contributed by atoms with van der Waals surface area (Å²) in [5.41, 5.74) is 15.5. The third-order valence-electron chi connectivity index (χ3n) is 14.1. The van der Waals surface area contributed by atoms with Crippen molar-refractivity contribution in [1.82, 2.24) is 0 Å². The molecule has 66 heavy (non-hydrogen) atoms. The van der Waals surface area contributed by atoms with Crippen molar-refractivity contribution in [3.8, 4) is 33.4 Å². The number of hydrogen-bond acceptors (Lipinski definition) is 1. The van der Waals surface area contributed by atoms with Crippen LogP contribution in [0.5, 0.6) is 0 Å². The largest absolute Gasteiger partial charge is 0.310 e. The molecule has 0 amide bonds. The number of anilines is 3. The lowest BCUT2D eigenvalue weighted by molar-refractivity contribution is 0.769. The summed E-state index contributed by atoms with van der Waals surface area (Å²) < 4.78 is 0. The average molecular weight is 838 g/mol. The Morgan fingerprint density at radius 3 is 1.35 bits per heavy atom. The van der Waals surface area contributed by atoms with Crippen LogP contribution in [0.1, 0.15) is 22.3 Å². The summed E-state index contributed by atoms with van der Waals surface area (Å²) in [6.07, 6.45) is 0. The van der Waals surface area contributed by atoms with Gasteiger partial charge in [-0.1, -0.05) is 212 Å². The summed E-state index contributed by atoms with van der Waals surface area (Å²) in [6.45, 7) is 0. The predicted octanol–water partition coefficient (Wildman–Crippen LogP) is 17.5. The fraction of sp³-hybridized carbons (Fsp3) is 0.0154. The molecule has 0 aliphatic heterocycles. The van der Waals surface area contributed by atoms with Gasteiger partial charge in [0.25, 0.3) is 0 Å². The molecule has 0 saturated heterocycles. The Morgan fingerprint density at radius 1 is 0.273 bits per heavy atom. The molecule has 0 saturated carbocycles. The molecule has 1 aliphatic carbocycles. The van der Waals surface area contributed by atoms with Gasteiger partial charge in [-0.25, -0.2) is 0 Å². The van der Waals surface area contributed by atoms with Crippen LogP contribution >= 0.6 is 0 Å². The van der Waals surface area contributed by atoms with Gasteiger partial charge in [-0.05, 0) is 142 Å². The maximum Gasteiger partial charge on any atom is 0.0713 e. The second kappa shape index (κ2) is 15.3. The lowest BCUT2D eigenvalue weighted by Crippen LogP contribution is -2.28. The van der Waals surface area contributed by atoms with Crippen molar-refractivity contribution in [2.24, 2.45) is 0 Å². The summed E-state index contributed by atoms with van der Waals surface area (Å²) in [6, 6.07) is 96.5. The van der Waals surface area contributed by atoms with Crippen molar-refractivity contribution < 1.29 is 0 Å². The van der Waals surface area contributed by atoms with Crippen LogP contribution in [0.3, 0.4) is 0 Å². The van der Waals surface area contributed by atoms with Crippen molar-refractivity contribution in [3.05, 3.63) is 283 Å². The average Bonchev–Trinajstić information content (AvgIpc) is 3.69. The number of rotatable bonds is 7. The van der Waals surface area contributed by atoms with Gasteiger partial charge in [-0.3, -0.25) is 0 Å². The molecule has 0 fully saturated rings. The Morgan fingerprint density at radius 2 is 0.727 bits per heavy atom. The van der Waals surface area contributed by atoms with Crippen LogP contribution in [0.4, 0.5) is 17.1 Å². The summed E-state index contributed by atoms with van der Waals surface area (Å²) in [4.78, 5) is 2.38. The molecule has 0 radical (unpaired) electrons. The summed E-state index contributed by atoms with van der Waals surface area (Å²) in [5.74, 6) is 0. The Balaban J connectivity index is 1.11. The quantitative estimate of drug-likeness (QED) is 0.145. The maximum absolute atomic E-state index is 2.53. The van der Waals surface area contributed by atoms with Gasteiger partial charge in [0.15, 0.2) is 0 Å². The van der Waals surface area contributed by atoms with Crippen molar-refractivity contribution >= 4 is 60.2 Å². The fourth-order valence-electron chi connectivity index (χ4n) is 11.3. The number of para-hydroxylation sites is 2. The van der Waals surface area contributed by atoms with E-state index in [1.165, 1.54) is 98.7 Å². The van der Waals surface area contributed by atoms with Crippen molar-refractivity contribution in [2.75, 3.05) is 4.90 Å². The number of fused-ring (bicyclic) bond motifs is 7. The Labute approximate surface area is 385 Å². The van der Waals surface area contributed by atoms with Crippen molar-refractivity contribution in [1.29, 1.82) is 0 Å². The molecule has 0 aromatic heterocycles. The van der Waals surface area contributed by atoms with E-state index in [1.807, 2.05) is 0 Å². The Kier molecular flexibility index (Phi) is 8.82. The van der Waals surface area contributed by atoms with Crippen LogP contribution < -0.4 is 4.90 Å². The van der Waals surface area contributed by atoms with Crippen LogP contribution in [0.25, 0.3) is 76.5 Å². The minimum absolute atomic E-state index is 0.503. The lowest BCUT2D eigenvalue weighted by Gasteiger charge is -2.34. The highest BCUT2D eigenvalue weighted by Gasteiger charge is 2.46. The van der Waals surface area contributed by atoms with E-state index in [-0.39, 0.29) is 0 Å². The molecule has 0 unspecified atom stereocenters. The molecule has 0 bridgehead atoms. The highest BCUT2D eigenvalue weighted by atomic mass is 15.1. The van der Waals surface area contributed by atoms with E-state index in [2.05, 4.69) is 266 Å². The van der Waals surface area contributed by atoms with E-state index in [9.17, 15) is 0 Å². The SMILES string of the molecule is c1ccc(N(c2ccccc2)c2ccc(-c3c4ccccc4c(-c4ccc5c(c4)C(c4ccccc4)(c4ccccc4)c4ccccc4-5)c4cc5ccccc5cc34)c3ccccc23)cc1. The molecule has 1 heteroatoms. The predicted molar refractivity (Wildman–Crippen MR) is 279 cm³/mol. The summed E-state index contributed by atoms with van der Waals surface area (Å²) in [5, 5.41) is 9.81. The number of nitrogens with zero attached hydrogens (tertiary/aromatic N) is 1. The smallest absolute Gasteiger partial charge is 0.0713 e. The fourth-order valence-corrected chi connectivity index (χ4v) is 11.3. The highest BCUT2D eigenvalue weighted by molar-refractivity contribution is 6.26. The molecule has 0 atom stereocenters. The van der Waals surface area contributed by atoms with Gasteiger partial charge in [0.1, 0.15) is 0 Å². The van der Waals surface area contributed by atoms with Crippen LogP contribution in [0.2, 0.25) is 0 Å². The third kappa shape index (κ3) is 5.73. The first-order valence-electron chi connectivity index (χ1n) is 22.9. The van der Waals surface area contributed by atoms with Gasteiger partial charge in [-0.15, -0.1) is 0 Å². The molecule has 1 aliphatic rings. The van der Waals surface area contributed by atoms with E-state index < -0.39 is 5.41 Å². The first-order chi connectivity index (χ1) is 32.8. The molecular weight excluding hydrogens is 795 g/mol. The van der Waals surface area contributed by atoms with Crippen LogP contribution in [-0.2, 0) is 5.41 Å². The van der Waals surface area contributed by atoms with E-state index in [0.29, 0.717) is 0 Å². The zero-order valence-corrected chi connectivity index (χ0v) is 36.3. The molecule has 1 nitrogen and oxygen atoms in total. The second-order valence-electron chi connectivity index (χ2n) is 17.5. The van der Waals surface area contributed by atoms with Gasteiger partial charge in [0, 0.05) is 16.8 Å². The molecular formula is C65H43N. The maximum atomic E-state index is 2.53. The molecule has 13 rings (SSSR count). The summed E-state index contributed by atoms with van der Waals surface area (Å²) >= 11 is 0. The van der Waals surface area contributed by atoms with Gasteiger partial charge in [0.2, 0.25) is 0 Å². The molecule has 0 heterocycles. The van der Waals surface area contributed by atoms with Crippen molar-refractivity contribution in [3.63, 3.8) is 0 Å². The third-order valence-corrected chi connectivity index (χ3v) is 14.1. The van der Waals surface area contributed by atoms with Gasteiger partial charge < -0.3 is 4.90 Å². The second-order valence-corrected chi connectivity index (χ2v) is 17.5. The zero-order chi connectivity index (χ0) is 43.6. The monoisotopic (exact) mass is 837 g/mol. The molecule has 12 aromatic carbocycles. The van der Waals surface area contributed by atoms with Gasteiger partial charge in [-0.2, -0.15) is 0 Å². The van der Waals surface area contributed by atoms with Crippen LogP contribution in [-0.4, -0.2) is 0 Å². The Bertz CT molecular complexity index is 3720. The van der Waals surface area contributed by atoms with E-state index in [1.54, 1.807) is 0 Å². The summed E-state index contributed by atoms with van der Waals surface area (Å²) in [7, 11) is 0. The minimum atomic E-state index is -0.503. The molecule has 12 aromatic rings. The van der Waals surface area contributed by atoms with E-state index >= 15 is 0 Å².